The molecule has 82 valence electrons. The summed E-state index contributed by atoms with van der Waals surface area (Å²) < 4.78 is 0. The second-order valence-electron chi connectivity index (χ2n) is 5.41. The summed E-state index contributed by atoms with van der Waals surface area (Å²) in [5.74, 6) is 3.27. The summed E-state index contributed by atoms with van der Waals surface area (Å²) in [7, 11) is 0. The summed E-state index contributed by atoms with van der Waals surface area (Å²) >= 11 is 0. The first kappa shape index (κ1) is 10.4. The second-order valence-corrected chi connectivity index (χ2v) is 5.41. The summed E-state index contributed by atoms with van der Waals surface area (Å²) in [5.41, 5.74) is 0. The maximum Gasteiger partial charge on any atom is 0.00790 e. The fourth-order valence-corrected chi connectivity index (χ4v) is 2.76. The molecule has 2 rings (SSSR count). The van der Waals surface area contributed by atoms with E-state index in [-0.39, 0.29) is 0 Å². The number of fused-ring (bicyclic) bond motifs is 1. The van der Waals surface area contributed by atoms with E-state index in [1.54, 1.807) is 6.42 Å². The van der Waals surface area contributed by atoms with Gasteiger partial charge in [0.15, 0.2) is 0 Å². The average molecular weight is 196 g/mol. The molecule has 2 aliphatic carbocycles. The molecular formula is C12H24N2. The molecule has 14 heavy (non-hydrogen) atoms. The van der Waals surface area contributed by atoms with Crippen LogP contribution >= 0.6 is 0 Å². The zero-order valence-electron chi connectivity index (χ0n) is 9.55. The molecular weight excluding hydrogens is 172 g/mol. The Balaban J connectivity index is 1.43. The van der Waals surface area contributed by atoms with Gasteiger partial charge in [0.05, 0.1) is 0 Å². The van der Waals surface area contributed by atoms with Crippen LogP contribution in [0.2, 0.25) is 0 Å². The molecule has 2 N–H and O–H groups in total. The third-order valence-electron chi connectivity index (χ3n) is 3.63. The summed E-state index contributed by atoms with van der Waals surface area (Å²) in [6, 6.07) is 0.621. The highest BCUT2D eigenvalue weighted by Gasteiger charge is 2.45. The van der Waals surface area contributed by atoms with E-state index in [0.29, 0.717) is 6.04 Å². The number of rotatable bonds is 6. The second kappa shape index (κ2) is 4.63. The van der Waals surface area contributed by atoms with Crippen LogP contribution in [-0.2, 0) is 0 Å². The number of nitrogens with one attached hydrogen (secondary N) is 2. The molecule has 0 aromatic heterocycles. The van der Waals surface area contributed by atoms with E-state index >= 15 is 0 Å². The standard InChI is InChI=1S/C12H24N2/c1-9(2)14-4-3-13-8-10-5-11-7-12(11)6-10/h9-14H,3-8H2,1-2H3. The van der Waals surface area contributed by atoms with Crippen molar-refractivity contribution in [2.75, 3.05) is 19.6 Å². The number of hydrogen-bond acceptors (Lipinski definition) is 2. The lowest BCUT2D eigenvalue weighted by Gasteiger charge is -2.13. The van der Waals surface area contributed by atoms with Gasteiger partial charge < -0.3 is 10.6 Å². The summed E-state index contributed by atoms with van der Waals surface area (Å²) in [6.45, 7) is 7.89. The van der Waals surface area contributed by atoms with E-state index in [1.165, 1.54) is 19.4 Å². The average Bonchev–Trinajstić information content (AvgIpc) is 2.73. The highest BCUT2D eigenvalue weighted by Crippen LogP contribution is 2.54. The first-order valence-corrected chi connectivity index (χ1v) is 6.20. The third-order valence-corrected chi connectivity index (χ3v) is 3.63. The van der Waals surface area contributed by atoms with E-state index in [9.17, 15) is 0 Å². The zero-order valence-corrected chi connectivity index (χ0v) is 9.55. The van der Waals surface area contributed by atoms with Gasteiger partial charge in [0.2, 0.25) is 0 Å². The molecule has 2 atom stereocenters. The van der Waals surface area contributed by atoms with Gasteiger partial charge in [0.25, 0.3) is 0 Å². The Morgan fingerprint density at radius 1 is 1.07 bits per heavy atom. The van der Waals surface area contributed by atoms with Crippen LogP contribution in [0.3, 0.4) is 0 Å². The van der Waals surface area contributed by atoms with Crippen LogP contribution in [0.4, 0.5) is 0 Å². The lowest BCUT2D eigenvalue weighted by molar-refractivity contribution is 0.441. The van der Waals surface area contributed by atoms with Crippen molar-refractivity contribution < 1.29 is 0 Å². The van der Waals surface area contributed by atoms with Gasteiger partial charge in [-0.3, -0.25) is 0 Å². The smallest absolute Gasteiger partial charge is 0.00790 e. The molecule has 2 saturated carbocycles. The largest absolute Gasteiger partial charge is 0.315 e. The van der Waals surface area contributed by atoms with E-state index < -0.39 is 0 Å². The lowest BCUT2D eigenvalue weighted by Crippen LogP contribution is -2.33. The van der Waals surface area contributed by atoms with Gasteiger partial charge >= 0.3 is 0 Å². The summed E-state index contributed by atoms with van der Waals surface area (Å²) in [4.78, 5) is 0. The van der Waals surface area contributed by atoms with Crippen molar-refractivity contribution in [1.29, 1.82) is 0 Å². The van der Waals surface area contributed by atoms with Gasteiger partial charge in [-0.25, -0.2) is 0 Å². The van der Waals surface area contributed by atoms with Crippen LogP contribution in [0.15, 0.2) is 0 Å². The van der Waals surface area contributed by atoms with E-state index in [0.717, 1.165) is 30.8 Å². The fraction of sp³-hybridized carbons (Fsp3) is 1.00. The van der Waals surface area contributed by atoms with E-state index in [4.69, 9.17) is 0 Å². The SMILES string of the molecule is CC(C)NCCNCC1CC2CC2C1. The fourth-order valence-electron chi connectivity index (χ4n) is 2.76. The van der Waals surface area contributed by atoms with Crippen LogP contribution < -0.4 is 10.6 Å². The Bertz CT molecular complexity index is 169. The minimum atomic E-state index is 0.621. The lowest BCUT2D eigenvalue weighted by atomic mass is 10.0. The van der Waals surface area contributed by atoms with Crippen LogP contribution in [0.1, 0.15) is 33.1 Å². The van der Waals surface area contributed by atoms with Crippen LogP contribution in [0.5, 0.6) is 0 Å². The van der Waals surface area contributed by atoms with Crippen molar-refractivity contribution in [2.45, 2.75) is 39.2 Å². The molecule has 0 bridgehead atoms. The van der Waals surface area contributed by atoms with Crippen LogP contribution in [0.25, 0.3) is 0 Å². The van der Waals surface area contributed by atoms with Crippen LogP contribution in [-0.4, -0.2) is 25.7 Å². The molecule has 2 heteroatoms. The Hall–Kier alpha value is -0.0800. The Morgan fingerprint density at radius 2 is 1.79 bits per heavy atom. The van der Waals surface area contributed by atoms with Crippen molar-refractivity contribution in [1.82, 2.24) is 10.6 Å². The first-order chi connectivity index (χ1) is 6.75. The molecule has 0 spiro atoms. The molecule has 0 amide bonds. The van der Waals surface area contributed by atoms with E-state index in [1.807, 2.05) is 0 Å². The third kappa shape index (κ3) is 2.96. The van der Waals surface area contributed by atoms with Gasteiger partial charge in [-0.2, -0.15) is 0 Å². The molecule has 0 heterocycles. The molecule has 2 unspecified atom stereocenters. The quantitative estimate of drug-likeness (QED) is 0.631. The Morgan fingerprint density at radius 3 is 2.43 bits per heavy atom. The normalized spacial score (nSPS) is 34.9. The van der Waals surface area contributed by atoms with Crippen molar-refractivity contribution in [3.05, 3.63) is 0 Å². The van der Waals surface area contributed by atoms with Crippen LogP contribution in [0, 0.1) is 17.8 Å². The van der Waals surface area contributed by atoms with Gasteiger partial charge in [-0.1, -0.05) is 13.8 Å². The monoisotopic (exact) mass is 196 g/mol. The minimum Gasteiger partial charge on any atom is -0.315 e. The van der Waals surface area contributed by atoms with Gasteiger partial charge in [-0.15, -0.1) is 0 Å². The zero-order chi connectivity index (χ0) is 9.97. The predicted molar refractivity (Wildman–Crippen MR) is 60.3 cm³/mol. The molecule has 0 aromatic carbocycles. The minimum absolute atomic E-state index is 0.621. The Kier molecular flexibility index (Phi) is 3.45. The van der Waals surface area contributed by atoms with Crippen molar-refractivity contribution in [3.8, 4) is 0 Å². The highest BCUT2D eigenvalue weighted by molar-refractivity contribution is 4.96. The molecule has 0 aliphatic heterocycles. The maximum atomic E-state index is 3.56. The van der Waals surface area contributed by atoms with Crippen molar-refractivity contribution >= 4 is 0 Å². The summed E-state index contributed by atoms with van der Waals surface area (Å²) in [6.07, 6.45) is 4.57. The predicted octanol–water partition coefficient (Wildman–Crippen LogP) is 1.62. The first-order valence-electron chi connectivity index (χ1n) is 6.20. The molecule has 0 aromatic rings. The number of hydrogen-bond donors (Lipinski definition) is 2. The molecule has 0 saturated heterocycles. The van der Waals surface area contributed by atoms with Gasteiger partial charge in [0.1, 0.15) is 0 Å². The Labute approximate surface area is 87.8 Å². The van der Waals surface area contributed by atoms with Crippen molar-refractivity contribution in [2.24, 2.45) is 17.8 Å². The molecule has 2 nitrogen and oxygen atoms in total. The van der Waals surface area contributed by atoms with Gasteiger partial charge in [-0.05, 0) is 43.6 Å². The topological polar surface area (TPSA) is 24.1 Å². The summed E-state index contributed by atoms with van der Waals surface area (Å²) in [5, 5.41) is 6.99. The van der Waals surface area contributed by atoms with Crippen molar-refractivity contribution in [3.63, 3.8) is 0 Å². The highest BCUT2D eigenvalue weighted by atomic mass is 15.0. The maximum absolute atomic E-state index is 3.56. The molecule has 2 fully saturated rings. The molecule has 0 radical (unpaired) electrons. The van der Waals surface area contributed by atoms with Gasteiger partial charge in [0, 0.05) is 19.1 Å². The molecule has 2 aliphatic rings. The van der Waals surface area contributed by atoms with E-state index in [2.05, 4.69) is 24.5 Å².